The van der Waals surface area contributed by atoms with E-state index in [9.17, 15) is 0 Å². The van der Waals surface area contributed by atoms with Gasteiger partial charge >= 0.3 is 0 Å². The number of aromatic nitrogens is 1. The summed E-state index contributed by atoms with van der Waals surface area (Å²) in [7, 11) is 5.49. The van der Waals surface area contributed by atoms with Crippen LogP contribution >= 0.6 is 0 Å². The van der Waals surface area contributed by atoms with Crippen LogP contribution in [0.25, 0.3) is 0 Å². The lowest BCUT2D eigenvalue weighted by Crippen LogP contribution is -2.19. The molecular formula is C18H24N2O2. The fourth-order valence-electron chi connectivity index (χ4n) is 2.67. The van der Waals surface area contributed by atoms with E-state index in [-0.39, 0.29) is 0 Å². The third-order valence-electron chi connectivity index (χ3n) is 3.80. The molecule has 0 saturated carbocycles. The first-order chi connectivity index (χ1) is 10.6. The highest BCUT2D eigenvalue weighted by Crippen LogP contribution is 2.25. The summed E-state index contributed by atoms with van der Waals surface area (Å²) in [6.07, 6.45) is 1.87. The molecule has 4 heteroatoms. The minimum Gasteiger partial charge on any atom is -0.496 e. The normalized spacial score (nSPS) is 10.8. The molecule has 0 aliphatic rings. The first-order valence-electron chi connectivity index (χ1n) is 7.36. The lowest BCUT2D eigenvalue weighted by molar-refractivity contribution is 0.304. The summed E-state index contributed by atoms with van der Waals surface area (Å²) in [6.45, 7) is 5.65. The van der Waals surface area contributed by atoms with Gasteiger partial charge in [-0.1, -0.05) is 18.2 Å². The van der Waals surface area contributed by atoms with E-state index in [1.807, 2.05) is 31.3 Å². The second kappa shape index (κ2) is 7.27. The van der Waals surface area contributed by atoms with Crippen molar-refractivity contribution in [1.29, 1.82) is 0 Å². The third-order valence-corrected chi connectivity index (χ3v) is 3.80. The van der Waals surface area contributed by atoms with Crippen molar-refractivity contribution in [3.05, 3.63) is 52.8 Å². The maximum absolute atomic E-state index is 5.47. The van der Waals surface area contributed by atoms with Crippen molar-refractivity contribution in [2.45, 2.75) is 26.9 Å². The maximum Gasteiger partial charge on any atom is 0.128 e. The average molecular weight is 300 g/mol. The molecule has 0 aliphatic heterocycles. The molecule has 1 aromatic heterocycles. The van der Waals surface area contributed by atoms with E-state index in [1.165, 1.54) is 5.56 Å². The standard InChI is InChI=1S/C18H24N2O2/c1-13-10-19-16(14(2)18(13)22-5)12-20(3)11-15-8-6-7-9-17(15)21-4/h6-10H,11-12H2,1-5H3. The predicted molar refractivity (Wildman–Crippen MR) is 88.4 cm³/mol. The quantitative estimate of drug-likeness (QED) is 0.819. The van der Waals surface area contributed by atoms with Gasteiger partial charge in [0.15, 0.2) is 0 Å². The number of benzene rings is 1. The van der Waals surface area contributed by atoms with E-state index in [4.69, 9.17) is 9.47 Å². The van der Waals surface area contributed by atoms with Gasteiger partial charge in [0.05, 0.1) is 19.9 Å². The zero-order chi connectivity index (χ0) is 16.1. The van der Waals surface area contributed by atoms with Crippen molar-refractivity contribution >= 4 is 0 Å². The van der Waals surface area contributed by atoms with Crippen molar-refractivity contribution in [3.8, 4) is 11.5 Å². The number of aryl methyl sites for hydroxylation is 1. The largest absolute Gasteiger partial charge is 0.496 e. The summed E-state index contributed by atoms with van der Waals surface area (Å²) in [5.74, 6) is 1.84. The number of ether oxygens (including phenoxy) is 2. The van der Waals surface area contributed by atoms with Crippen molar-refractivity contribution in [2.24, 2.45) is 0 Å². The van der Waals surface area contributed by atoms with E-state index in [2.05, 4.69) is 29.9 Å². The second-order valence-electron chi connectivity index (χ2n) is 5.53. The fourth-order valence-corrected chi connectivity index (χ4v) is 2.67. The zero-order valence-corrected chi connectivity index (χ0v) is 14.0. The Bertz CT molecular complexity index is 641. The van der Waals surface area contributed by atoms with Crippen LogP contribution in [-0.4, -0.2) is 31.2 Å². The Hall–Kier alpha value is -2.07. The molecule has 0 atom stereocenters. The lowest BCUT2D eigenvalue weighted by atomic mass is 10.1. The van der Waals surface area contributed by atoms with E-state index >= 15 is 0 Å². The molecule has 0 unspecified atom stereocenters. The van der Waals surface area contributed by atoms with E-state index in [1.54, 1.807) is 14.2 Å². The number of methoxy groups -OCH3 is 2. The van der Waals surface area contributed by atoms with Crippen LogP contribution in [0.5, 0.6) is 11.5 Å². The van der Waals surface area contributed by atoms with E-state index in [0.29, 0.717) is 0 Å². The van der Waals surface area contributed by atoms with Crippen molar-refractivity contribution in [3.63, 3.8) is 0 Å². The second-order valence-corrected chi connectivity index (χ2v) is 5.53. The Kier molecular flexibility index (Phi) is 5.39. The molecule has 1 heterocycles. The molecule has 1 aromatic carbocycles. The predicted octanol–water partition coefficient (Wildman–Crippen LogP) is 3.35. The molecule has 2 aromatic rings. The van der Waals surface area contributed by atoms with Gasteiger partial charge in [-0.15, -0.1) is 0 Å². The average Bonchev–Trinajstić information content (AvgIpc) is 2.51. The Morgan fingerprint density at radius 1 is 1.05 bits per heavy atom. The van der Waals surface area contributed by atoms with Crippen LogP contribution in [0.15, 0.2) is 30.5 Å². The highest BCUT2D eigenvalue weighted by molar-refractivity contribution is 5.41. The molecule has 118 valence electrons. The lowest BCUT2D eigenvalue weighted by Gasteiger charge is -2.20. The summed E-state index contributed by atoms with van der Waals surface area (Å²) in [6, 6.07) is 8.09. The maximum atomic E-state index is 5.47. The van der Waals surface area contributed by atoms with Crippen LogP contribution in [0.4, 0.5) is 0 Å². The Balaban J connectivity index is 2.14. The summed E-state index contributed by atoms with van der Waals surface area (Å²) >= 11 is 0. The van der Waals surface area contributed by atoms with Crippen LogP contribution in [-0.2, 0) is 13.1 Å². The van der Waals surface area contributed by atoms with Crippen LogP contribution in [0.3, 0.4) is 0 Å². The van der Waals surface area contributed by atoms with Crippen LogP contribution in [0.2, 0.25) is 0 Å². The Labute approximate surface area is 132 Å². The molecule has 0 fully saturated rings. The van der Waals surface area contributed by atoms with Crippen molar-refractivity contribution < 1.29 is 9.47 Å². The molecular weight excluding hydrogens is 276 g/mol. The topological polar surface area (TPSA) is 34.6 Å². The highest BCUT2D eigenvalue weighted by atomic mass is 16.5. The van der Waals surface area contributed by atoms with Gasteiger partial charge in [-0.3, -0.25) is 9.88 Å². The smallest absolute Gasteiger partial charge is 0.128 e. The highest BCUT2D eigenvalue weighted by Gasteiger charge is 2.12. The van der Waals surface area contributed by atoms with Crippen molar-refractivity contribution in [1.82, 2.24) is 9.88 Å². The third kappa shape index (κ3) is 3.57. The van der Waals surface area contributed by atoms with Gasteiger partial charge in [-0.2, -0.15) is 0 Å². The summed E-state index contributed by atoms with van der Waals surface area (Å²) in [5, 5.41) is 0. The van der Waals surface area contributed by atoms with Gasteiger partial charge in [0.25, 0.3) is 0 Å². The minimum absolute atomic E-state index is 0.764. The number of hydrogen-bond donors (Lipinski definition) is 0. The van der Waals surface area contributed by atoms with Gasteiger partial charge < -0.3 is 9.47 Å². The molecule has 0 spiro atoms. The molecule has 4 nitrogen and oxygen atoms in total. The van der Waals surface area contributed by atoms with Crippen LogP contribution < -0.4 is 9.47 Å². The minimum atomic E-state index is 0.764. The molecule has 0 amide bonds. The van der Waals surface area contributed by atoms with Crippen LogP contribution in [0.1, 0.15) is 22.4 Å². The van der Waals surface area contributed by atoms with Crippen LogP contribution in [0, 0.1) is 13.8 Å². The molecule has 0 aliphatic carbocycles. The Morgan fingerprint density at radius 3 is 2.45 bits per heavy atom. The Morgan fingerprint density at radius 2 is 1.77 bits per heavy atom. The molecule has 0 radical (unpaired) electrons. The number of hydrogen-bond acceptors (Lipinski definition) is 4. The number of para-hydroxylation sites is 1. The first-order valence-corrected chi connectivity index (χ1v) is 7.36. The molecule has 0 bridgehead atoms. The number of rotatable bonds is 6. The zero-order valence-electron chi connectivity index (χ0n) is 14.0. The fraction of sp³-hybridized carbons (Fsp3) is 0.389. The summed E-state index contributed by atoms with van der Waals surface area (Å²) in [5.41, 5.74) is 4.38. The van der Waals surface area contributed by atoms with E-state index in [0.717, 1.165) is 41.4 Å². The first kappa shape index (κ1) is 16.3. The SMILES string of the molecule is COc1ccccc1CN(C)Cc1ncc(C)c(OC)c1C. The van der Waals surface area contributed by atoms with Gasteiger partial charge in [0.1, 0.15) is 11.5 Å². The summed E-state index contributed by atoms with van der Waals surface area (Å²) in [4.78, 5) is 6.78. The van der Waals surface area contributed by atoms with Gasteiger partial charge in [0.2, 0.25) is 0 Å². The molecule has 0 saturated heterocycles. The molecule has 0 N–H and O–H groups in total. The molecule has 22 heavy (non-hydrogen) atoms. The van der Waals surface area contributed by atoms with Gasteiger partial charge in [-0.25, -0.2) is 0 Å². The number of pyridine rings is 1. The van der Waals surface area contributed by atoms with Gasteiger partial charge in [-0.05, 0) is 27.0 Å². The molecule has 2 rings (SSSR count). The van der Waals surface area contributed by atoms with Crippen molar-refractivity contribution in [2.75, 3.05) is 21.3 Å². The van der Waals surface area contributed by atoms with Gasteiger partial charge in [0, 0.05) is 36.0 Å². The monoisotopic (exact) mass is 300 g/mol. The number of nitrogens with zero attached hydrogens (tertiary/aromatic N) is 2. The summed E-state index contributed by atoms with van der Waals surface area (Å²) < 4.78 is 10.9. The van der Waals surface area contributed by atoms with E-state index < -0.39 is 0 Å².